The summed E-state index contributed by atoms with van der Waals surface area (Å²) in [6, 6.07) is 4.01. The highest BCUT2D eigenvalue weighted by molar-refractivity contribution is 5.44. The first-order chi connectivity index (χ1) is 10.9. The van der Waals surface area contributed by atoms with E-state index in [9.17, 15) is 13.2 Å². The fourth-order valence-electron chi connectivity index (χ4n) is 2.97. The van der Waals surface area contributed by atoms with Gasteiger partial charge in [0.2, 0.25) is 0 Å². The zero-order valence-corrected chi connectivity index (χ0v) is 13.8. The molecule has 1 N–H and O–H groups in total. The predicted molar refractivity (Wildman–Crippen MR) is 84.6 cm³/mol. The smallest absolute Gasteiger partial charge is 0.401 e. The van der Waals surface area contributed by atoms with Crippen LogP contribution in [0.2, 0.25) is 0 Å². The molecule has 3 nitrogen and oxygen atoms in total. The molecule has 0 radical (unpaired) electrons. The van der Waals surface area contributed by atoms with Crippen molar-refractivity contribution in [3.63, 3.8) is 0 Å². The number of alkyl halides is 3. The second-order valence-electron chi connectivity index (χ2n) is 5.91. The molecule has 0 fully saturated rings. The van der Waals surface area contributed by atoms with E-state index in [1.54, 1.807) is 0 Å². The number of rotatable bonds is 7. The first-order valence-electron chi connectivity index (χ1n) is 8.20. The summed E-state index contributed by atoms with van der Waals surface area (Å²) >= 11 is 0. The van der Waals surface area contributed by atoms with Gasteiger partial charge in [0.25, 0.3) is 0 Å². The van der Waals surface area contributed by atoms with E-state index in [4.69, 9.17) is 4.74 Å². The third-order valence-corrected chi connectivity index (χ3v) is 3.95. The molecule has 1 aliphatic heterocycles. The minimum absolute atomic E-state index is 0.167. The molecule has 1 heterocycles. The lowest BCUT2D eigenvalue weighted by molar-refractivity contribution is -0.125. The maximum absolute atomic E-state index is 12.3. The highest BCUT2D eigenvalue weighted by Crippen LogP contribution is 2.28. The molecule has 0 spiro atoms. The summed E-state index contributed by atoms with van der Waals surface area (Å²) in [5.74, 6) is 0.694. The van der Waals surface area contributed by atoms with E-state index < -0.39 is 12.7 Å². The molecule has 0 atom stereocenters. The highest BCUT2D eigenvalue weighted by atomic mass is 19.4. The van der Waals surface area contributed by atoms with Crippen molar-refractivity contribution in [1.82, 2.24) is 10.2 Å². The Morgan fingerprint density at radius 3 is 2.65 bits per heavy atom. The van der Waals surface area contributed by atoms with Gasteiger partial charge in [-0.3, -0.25) is 4.90 Å². The van der Waals surface area contributed by atoms with Crippen LogP contribution in [0.25, 0.3) is 0 Å². The van der Waals surface area contributed by atoms with E-state index in [-0.39, 0.29) is 6.54 Å². The van der Waals surface area contributed by atoms with Crippen LogP contribution in [0.1, 0.15) is 37.0 Å². The third kappa shape index (κ3) is 5.39. The molecule has 0 amide bonds. The van der Waals surface area contributed by atoms with Crippen LogP contribution in [-0.4, -0.2) is 37.3 Å². The van der Waals surface area contributed by atoms with E-state index in [0.717, 1.165) is 38.0 Å². The Balaban J connectivity index is 2.12. The zero-order chi connectivity index (χ0) is 16.9. The molecule has 23 heavy (non-hydrogen) atoms. The van der Waals surface area contributed by atoms with Gasteiger partial charge in [-0.05, 0) is 43.5 Å². The Morgan fingerprint density at radius 1 is 1.22 bits per heavy atom. The molecule has 0 aromatic heterocycles. The Labute approximate surface area is 135 Å². The zero-order valence-electron chi connectivity index (χ0n) is 13.8. The van der Waals surface area contributed by atoms with Crippen molar-refractivity contribution >= 4 is 0 Å². The van der Waals surface area contributed by atoms with Crippen molar-refractivity contribution in [2.75, 3.05) is 26.2 Å². The van der Waals surface area contributed by atoms with Gasteiger partial charge in [0.1, 0.15) is 5.75 Å². The molecule has 0 unspecified atom stereocenters. The first kappa shape index (κ1) is 18.1. The Kier molecular flexibility index (Phi) is 6.30. The molecule has 2 rings (SSSR count). The second kappa shape index (κ2) is 8.02. The maximum atomic E-state index is 12.3. The number of fused-ring (bicyclic) bond motifs is 1. The topological polar surface area (TPSA) is 24.5 Å². The van der Waals surface area contributed by atoms with Crippen LogP contribution in [-0.2, 0) is 19.5 Å². The van der Waals surface area contributed by atoms with Gasteiger partial charge in [-0.2, -0.15) is 13.2 Å². The molecule has 0 saturated carbocycles. The number of nitrogens with one attached hydrogen (secondary N) is 1. The first-order valence-corrected chi connectivity index (χ1v) is 8.20. The van der Waals surface area contributed by atoms with E-state index in [1.807, 2.05) is 19.1 Å². The Morgan fingerprint density at radius 2 is 2.00 bits per heavy atom. The molecule has 0 bridgehead atoms. The summed E-state index contributed by atoms with van der Waals surface area (Å²) < 4.78 is 42.5. The van der Waals surface area contributed by atoms with Crippen molar-refractivity contribution in [2.45, 2.75) is 46.0 Å². The summed E-state index contributed by atoms with van der Waals surface area (Å²) in [6.07, 6.45) is -2.14. The standard InChI is InChI=1S/C17H25F3N2O/c1-3-6-22-7-5-13-8-14(10-21-12-17(18,19)20)16(23-4-2)9-15(13)11-22/h8-9,21H,3-7,10-12H2,1-2H3. The quantitative estimate of drug-likeness (QED) is 0.828. The van der Waals surface area contributed by atoms with Crippen molar-refractivity contribution in [3.8, 4) is 5.75 Å². The summed E-state index contributed by atoms with van der Waals surface area (Å²) in [7, 11) is 0. The number of benzene rings is 1. The average Bonchev–Trinajstić information content (AvgIpc) is 2.47. The van der Waals surface area contributed by atoms with Crippen LogP contribution in [0.4, 0.5) is 13.2 Å². The molecule has 0 saturated heterocycles. The van der Waals surface area contributed by atoms with Gasteiger partial charge in [0.05, 0.1) is 13.2 Å². The van der Waals surface area contributed by atoms with Gasteiger partial charge in [-0.25, -0.2) is 0 Å². The van der Waals surface area contributed by atoms with Crippen LogP contribution in [0, 0.1) is 0 Å². The molecule has 6 heteroatoms. The lowest BCUT2D eigenvalue weighted by Crippen LogP contribution is -2.31. The average molecular weight is 330 g/mol. The third-order valence-electron chi connectivity index (χ3n) is 3.95. The molecular formula is C17H25F3N2O. The lowest BCUT2D eigenvalue weighted by atomic mass is 9.96. The molecule has 0 aliphatic carbocycles. The number of nitrogens with zero attached hydrogens (tertiary/aromatic N) is 1. The fourth-order valence-corrected chi connectivity index (χ4v) is 2.97. The summed E-state index contributed by atoms with van der Waals surface area (Å²) in [5, 5.41) is 2.46. The molecule has 130 valence electrons. The Bertz CT molecular complexity index is 517. The SMILES string of the molecule is CCCN1CCc2cc(CNCC(F)(F)F)c(OCC)cc2C1. The van der Waals surface area contributed by atoms with Crippen LogP contribution in [0.3, 0.4) is 0 Å². The number of ether oxygens (including phenoxy) is 1. The lowest BCUT2D eigenvalue weighted by Gasteiger charge is -2.29. The largest absolute Gasteiger partial charge is 0.494 e. The molecule has 1 aromatic rings. The molecule has 1 aromatic carbocycles. The van der Waals surface area contributed by atoms with Gasteiger partial charge in [0, 0.05) is 25.2 Å². The minimum Gasteiger partial charge on any atom is -0.494 e. The number of hydrogen-bond acceptors (Lipinski definition) is 3. The van der Waals surface area contributed by atoms with Crippen LogP contribution >= 0.6 is 0 Å². The normalized spacial score (nSPS) is 15.5. The fraction of sp³-hybridized carbons (Fsp3) is 0.647. The second-order valence-corrected chi connectivity index (χ2v) is 5.91. The highest BCUT2D eigenvalue weighted by Gasteiger charge is 2.26. The van der Waals surface area contributed by atoms with E-state index in [1.165, 1.54) is 11.1 Å². The monoisotopic (exact) mass is 330 g/mol. The van der Waals surface area contributed by atoms with Gasteiger partial charge >= 0.3 is 6.18 Å². The van der Waals surface area contributed by atoms with Crippen LogP contribution in [0.15, 0.2) is 12.1 Å². The van der Waals surface area contributed by atoms with E-state index in [0.29, 0.717) is 12.4 Å². The van der Waals surface area contributed by atoms with Crippen LogP contribution < -0.4 is 10.1 Å². The van der Waals surface area contributed by atoms with Crippen molar-refractivity contribution in [3.05, 3.63) is 28.8 Å². The number of halogens is 3. The van der Waals surface area contributed by atoms with Crippen LogP contribution in [0.5, 0.6) is 5.75 Å². The number of hydrogen-bond donors (Lipinski definition) is 1. The molecule has 1 aliphatic rings. The van der Waals surface area contributed by atoms with E-state index in [2.05, 4.69) is 17.1 Å². The van der Waals surface area contributed by atoms with Gasteiger partial charge < -0.3 is 10.1 Å². The maximum Gasteiger partial charge on any atom is 0.401 e. The van der Waals surface area contributed by atoms with Gasteiger partial charge in [-0.1, -0.05) is 13.0 Å². The predicted octanol–water partition coefficient (Wildman–Crippen LogP) is 3.51. The summed E-state index contributed by atoms with van der Waals surface area (Å²) in [5.41, 5.74) is 3.26. The van der Waals surface area contributed by atoms with Gasteiger partial charge in [0.15, 0.2) is 0 Å². The summed E-state index contributed by atoms with van der Waals surface area (Å²) in [4.78, 5) is 2.40. The van der Waals surface area contributed by atoms with Crippen molar-refractivity contribution < 1.29 is 17.9 Å². The van der Waals surface area contributed by atoms with Crippen molar-refractivity contribution in [1.29, 1.82) is 0 Å². The summed E-state index contributed by atoms with van der Waals surface area (Å²) in [6.45, 7) is 6.69. The van der Waals surface area contributed by atoms with E-state index >= 15 is 0 Å². The Hall–Kier alpha value is -1.27. The molecular weight excluding hydrogens is 305 g/mol. The van der Waals surface area contributed by atoms with Gasteiger partial charge in [-0.15, -0.1) is 0 Å². The minimum atomic E-state index is -4.19. The van der Waals surface area contributed by atoms with Crippen molar-refractivity contribution in [2.24, 2.45) is 0 Å².